The van der Waals surface area contributed by atoms with Gasteiger partial charge in [0.05, 0.1) is 14.2 Å². The summed E-state index contributed by atoms with van der Waals surface area (Å²) in [6.45, 7) is 4.50. The summed E-state index contributed by atoms with van der Waals surface area (Å²) in [5, 5.41) is 0. The molecule has 1 aliphatic rings. The molecule has 1 atom stereocenters. The Morgan fingerprint density at radius 3 is 2.17 bits per heavy atom. The lowest BCUT2D eigenvalue weighted by Gasteiger charge is -2.39. The molecule has 0 saturated carbocycles. The van der Waals surface area contributed by atoms with Crippen molar-refractivity contribution in [2.24, 2.45) is 0 Å². The Balaban J connectivity index is 1.73. The van der Waals surface area contributed by atoms with Crippen LogP contribution in [0.1, 0.15) is 6.92 Å². The Morgan fingerprint density at radius 2 is 1.57 bits per heavy atom. The minimum Gasteiger partial charge on any atom is -0.481 e. The fourth-order valence-corrected chi connectivity index (χ4v) is 2.62. The van der Waals surface area contributed by atoms with E-state index in [9.17, 15) is 0 Å². The summed E-state index contributed by atoms with van der Waals surface area (Å²) in [6, 6.07) is 3.72. The number of anilines is 2. The van der Waals surface area contributed by atoms with E-state index in [1.807, 2.05) is 0 Å². The van der Waals surface area contributed by atoms with Crippen molar-refractivity contribution in [3.63, 3.8) is 0 Å². The second kappa shape index (κ2) is 6.64. The first kappa shape index (κ1) is 15.3. The third kappa shape index (κ3) is 3.25. The third-order valence-electron chi connectivity index (χ3n) is 3.82. The van der Waals surface area contributed by atoms with Crippen molar-refractivity contribution >= 4 is 11.9 Å². The molecule has 0 spiro atoms. The van der Waals surface area contributed by atoms with Crippen molar-refractivity contribution in [2.75, 3.05) is 43.7 Å². The minimum absolute atomic E-state index is 0.227. The lowest BCUT2D eigenvalue weighted by molar-refractivity contribution is 0.394. The third-order valence-corrected chi connectivity index (χ3v) is 3.82. The maximum atomic E-state index is 5.17. The number of aromatic nitrogens is 4. The number of ether oxygens (including phenoxy) is 2. The van der Waals surface area contributed by atoms with Crippen LogP contribution in [0.25, 0.3) is 0 Å². The Hall–Kier alpha value is -2.64. The molecule has 2 aromatic rings. The van der Waals surface area contributed by atoms with Gasteiger partial charge < -0.3 is 19.3 Å². The molecule has 0 unspecified atom stereocenters. The molecule has 0 amide bonds. The maximum Gasteiger partial charge on any atom is 0.228 e. The van der Waals surface area contributed by atoms with Crippen molar-refractivity contribution in [3.05, 3.63) is 24.5 Å². The van der Waals surface area contributed by atoms with E-state index in [2.05, 4.69) is 36.7 Å². The van der Waals surface area contributed by atoms with Gasteiger partial charge in [0.15, 0.2) is 0 Å². The molecule has 2 aromatic heterocycles. The SMILES string of the molecule is COc1ccnc(N2CCN(c3nccc(OC)n3)[C@H](C)C2)n1. The lowest BCUT2D eigenvalue weighted by Crippen LogP contribution is -2.53. The summed E-state index contributed by atoms with van der Waals surface area (Å²) < 4.78 is 10.3. The highest BCUT2D eigenvalue weighted by molar-refractivity contribution is 5.40. The van der Waals surface area contributed by atoms with Crippen LogP contribution in [0.4, 0.5) is 11.9 Å². The first-order chi connectivity index (χ1) is 11.2. The van der Waals surface area contributed by atoms with Crippen molar-refractivity contribution in [1.29, 1.82) is 0 Å². The zero-order valence-corrected chi connectivity index (χ0v) is 13.5. The zero-order valence-electron chi connectivity index (χ0n) is 13.5. The number of piperazine rings is 1. The van der Waals surface area contributed by atoms with Gasteiger partial charge in [-0.1, -0.05) is 0 Å². The molecular weight excluding hydrogens is 296 g/mol. The standard InChI is InChI=1S/C15H20N6O2/c1-11-10-20(14-16-6-4-12(18-14)22-2)8-9-21(11)15-17-7-5-13(19-15)23-3/h4-7,11H,8-10H2,1-3H3/t11-/m1/s1. The van der Waals surface area contributed by atoms with E-state index in [1.165, 1.54) is 0 Å². The molecule has 0 N–H and O–H groups in total. The van der Waals surface area contributed by atoms with Gasteiger partial charge in [-0.15, -0.1) is 0 Å². The number of nitrogens with zero attached hydrogens (tertiary/aromatic N) is 6. The molecule has 0 radical (unpaired) electrons. The lowest BCUT2D eigenvalue weighted by atomic mass is 10.2. The summed E-state index contributed by atoms with van der Waals surface area (Å²) >= 11 is 0. The predicted octanol–water partition coefficient (Wildman–Crippen LogP) is 0.999. The normalized spacial score (nSPS) is 18.0. The molecule has 122 valence electrons. The van der Waals surface area contributed by atoms with Crippen LogP contribution in [-0.2, 0) is 0 Å². The predicted molar refractivity (Wildman–Crippen MR) is 86.2 cm³/mol. The first-order valence-corrected chi connectivity index (χ1v) is 7.47. The van der Waals surface area contributed by atoms with Gasteiger partial charge in [0.25, 0.3) is 0 Å². The van der Waals surface area contributed by atoms with Crippen LogP contribution in [0.2, 0.25) is 0 Å². The Labute approximate surface area is 135 Å². The van der Waals surface area contributed by atoms with E-state index in [4.69, 9.17) is 9.47 Å². The Kier molecular flexibility index (Phi) is 4.40. The highest BCUT2D eigenvalue weighted by Gasteiger charge is 2.27. The van der Waals surface area contributed by atoms with Crippen LogP contribution >= 0.6 is 0 Å². The van der Waals surface area contributed by atoms with E-state index >= 15 is 0 Å². The van der Waals surface area contributed by atoms with Crippen LogP contribution in [0.5, 0.6) is 11.8 Å². The molecule has 8 nitrogen and oxygen atoms in total. The van der Waals surface area contributed by atoms with Gasteiger partial charge in [-0.3, -0.25) is 0 Å². The van der Waals surface area contributed by atoms with Crippen molar-refractivity contribution in [3.8, 4) is 11.8 Å². The van der Waals surface area contributed by atoms with Gasteiger partial charge in [-0.25, -0.2) is 9.97 Å². The maximum absolute atomic E-state index is 5.17. The van der Waals surface area contributed by atoms with E-state index in [0.717, 1.165) is 19.6 Å². The van der Waals surface area contributed by atoms with E-state index in [1.54, 1.807) is 38.7 Å². The van der Waals surface area contributed by atoms with Gasteiger partial charge >= 0.3 is 0 Å². The number of hydrogen-bond donors (Lipinski definition) is 0. The van der Waals surface area contributed by atoms with Crippen molar-refractivity contribution < 1.29 is 9.47 Å². The molecule has 0 aromatic carbocycles. The van der Waals surface area contributed by atoms with Crippen LogP contribution in [-0.4, -0.2) is 59.8 Å². The molecule has 1 fully saturated rings. The van der Waals surface area contributed by atoms with Crippen LogP contribution < -0.4 is 19.3 Å². The summed E-state index contributed by atoms with van der Waals surface area (Å²) in [5.41, 5.74) is 0. The summed E-state index contributed by atoms with van der Waals surface area (Å²) in [4.78, 5) is 21.8. The van der Waals surface area contributed by atoms with Crippen LogP contribution in [0.15, 0.2) is 24.5 Å². The van der Waals surface area contributed by atoms with Gasteiger partial charge in [0.2, 0.25) is 23.7 Å². The van der Waals surface area contributed by atoms with Crippen molar-refractivity contribution in [1.82, 2.24) is 19.9 Å². The summed E-state index contributed by atoms with van der Waals surface area (Å²) in [7, 11) is 3.21. The second-order valence-electron chi connectivity index (χ2n) is 5.29. The molecule has 1 aliphatic heterocycles. The quantitative estimate of drug-likeness (QED) is 0.827. The molecule has 0 bridgehead atoms. The fraction of sp³-hybridized carbons (Fsp3) is 0.467. The highest BCUT2D eigenvalue weighted by Crippen LogP contribution is 2.21. The van der Waals surface area contributed by atoms with E-state index in [-0.39, 0.29) is 6.04 Å². The summed E-state index contributed by atoms with van der Waals surface area (Å²) in [6.07, 6.45) is 3.43. The molecular formula is C15H20N6O2. The number of hydrogen-bond acceptors (Lipinski definition) is 8. The van der Waals surface area contributed by atoms with Gasteiger partial charge in [-0.2, -0.15) is 9.97 Å². The number of rotatable bonds is 4. The van der Waals surface area contributed by atoms with E-state index in [0.29, 0.717) is 23.7 Å². The fourth-order valence-electron chi connectivity index (χ4n) is 2.62. The van der Waals surface area contributed by atoms with Gasteiger partial charge in [0.1, 0.15) is 0 Å². The average molecular weight is 316 g/mol. The Bertz CT molecular complexity index is 668. The molecule has 23 heavy (non-hydrogen) atoms. The zero-order chi connectivity index (χ0) is 16.2. The molecule has 3 rings (SSSR count). The molecule has 3 heterocycles. The van der Waals surface area contributed by atoms with Crippen LogP contribution in [0, 0.1) is 0 Å². The van der Waals surface area contributed by atoms with E-state index < -0.39 is 0 Å². The van der Waals surface area contributed by atoms with Gasteiger partial charge in [0, 0.05) is 50.2 Å². The molecule has 0 aliphatic carbocycles. The van der Waals surface area contributed by atoms with Crippen LogP contribution in [0.3, 0.4) is 0 Å². The monoisotopic (exact) mass is 316 g/mol. The molecule has 8 heteroatoms. The summed E-state index contributed by atoms with van der Waals surface area (Å²) in [5.74, 6) is 2.51. The molecule has 1 saturated heterocycles. The Morgan fingerprint density at radius 1 is 0.957 bits per heavy atom. The second-order valence-corrected chi connectivity index (χ2v) is 5.29. The smallest absolute Gasteiger partial charge is 0.228 e. The minimum atomic E-state index is 0.227. The average Bonchev–Trinajstić information content (AvgIpc) is 2.61. The van der Waals surface area contributed by atoms with Gasteiger partial charge in [-0.05, 0) is 6.92 Å². The first-order valence-electron chi connectivity index (χ1n) is 7.47. The topological polar surface area (TPSA) is 76.5 Å². The highest BCUT2D eigenvalue weighted by atomic mass is 16.5. The number of methoxy groups -OCH3 is 2. The largest absolute Gasteiger partial charge is 0.481 e. The van der Waals surface area contributed by atoms with Crippen molar-refractivity contribution in [2.45, 2.75) is 13.0 Å².